The summed E-state index contributed by atoms with van der Waals surface area (Å²) >= 11 is 0. The van der Waals surface area contributed by atoms with Crippen LogP contribution in [0.3, 0.4) is 0 Å². The summed E-state index contributed by atoms with van der Waals surface area (Å²) in [5, 5.41) is 6.41. The monoisotopic (exact) mass is 385 g/mol. The number of benzene rings is 1. The van der Waals surface area contributed by atoms with Crippen molar-refractivity contribution in [1.82, 2.24) is 15.5 Å². The highest BCUT2D eigenvalue weighted by molar-refractivity contribution is 5.82. The summed E-state index contributed by atoms with van der Waals surface area (Å²) in [5.41, 5.74) is 2.72. The predicted octanol–water partition coefficient (Wildman–Crippen LogP) is 2.60. The first-order chi connectivity index (χ1) is 13.5. The molecule has 0 bridgehead atoms. The van der Waals surface area contributed by atoms with Crippen LogP contribution in [0, 0.1) is 5.41 Å². The van der Waals surface area contributed by atoms with Gasteiger partial charge in [0.15, 0.2) is 5.96 Å². The van der Waals surface area contributed by atoms with Gasteiger partial charge < -0.3 is 20.4 Å². The molecule has 1 atom stereocenters. The molecule has 154 valence electrons. The lowest BCUT2D eigenvalue weighted by Crippen LogP contribution is -2.49. The molecule has 3 rings (SSSR count). The van der Waals surface area contributed by atoms with Gasteiger partial charge in [-0.15, -0.1) is 0 Å². The first kappa shape index (κ1) is 20.5. The van der Waals surface area contributed by atoms with Crippen LogP contribution in [0.25, 0.3) is 0 Å². The third-order valence-corrected chi connectivity index (χ3v) is 5.94. The third kappa shape index (κ3) is 5.18. The van der Waals surface area contributed by atoms with Gasteiger partial charge in [-0.3, -0.25) is 9.79 Å². The molecule has 28 heavy (non-hydrogen) atoms. The fourth-order valence-corrected chi connectivity index (χ4v) is 4.50. The molecule has 6 nitrogen and oxygen atoms in total. The largest absolute Gasteiger partial charge is 0.360 e. The molecule has 0 aliphatic carbocycles. The van der Waals surface area contributed by atoms with E-state index in [4.69, 9.17) is 0 Å². The van der Waals surface area contributed by atoms with Gasteiger partial charge in [-0.25, -0.2) is 0 Å². The fraction of sp³-hybridized carbons (Fsp3) is 0.636. The Bertz CT molecular complexity index is 683. The second-order valence-electron chi connectivity index (χ2n) is 8.42. The maximum Gasteiger partial charge on any atom is 0.239 e. The summed E-state index contributed by atoms with van der Waals surface area (Å²) < 4.78 is 0. The van der Waals surface area contributed by atoms with Crippen molar-refractivity contribution in [1.29, 1.82) is 0 Å². The second-order valence-corrected chi connectivity index (χ2v) is 8.42. The van der Waals surface area contributed by atoms with Crippen LogP contribution in [0.2, 0.25) is 0 Å². The van der Waals surface area contributed by atoms with Gasteiger partial charge in [0.05, 0.1) is 6.54 Å². The van der Waals surface area contributed by atoms with E-state index in [1.165, 1.54) is 31.2 Å². The van der Waals surface area contributed by atoms with Crippen LogP contribution in [0.1, 0.15) is 45.1 Å². The Balaban J connectivity index is 1.55. The minimum Gasteiger partial charge on any atom is -0.360 e. The van der Waals surface area contributed by atoms with Gasteiger partial charge in [0.2, 0.25) is 5.91 Å². The van der Waals surface area contributed by atoms with E-state index < -0.39 is 0 Å². The Morgan fingerprint density at radius 2 is 2.07 bits per heavy atom. The van der Waals surface area contributed by atoms with Gasteiger partial charge in [0, 0.05) is 45.5 Å². The lowest BCUT2D eigenvalue weighted by molar-refractivity contribution is -0.120. The van der Waals surface area contributed by atoms with E-state index in [9.17, 15) is 4.79 Å². The molecule has 6 heteroatoms. The number of hydrogen-bond donors (Lipinski definition) is 2. The summed E-state index contributed by atoms with van der Waals surface area (Å²) in [6, 6.07) is 8.49. The van der Waals surface area contributed by atoms with Crippen molar-refractivity contribution in [2.45, 2.75) is 46.1 Å². The number of likely N-dealkylation sites (tertiary alicyclic amines) is 1. The molecule has 1 aromatic rings. The van der Waals surface area contributed by atoms with Crippen LogP contribution in [-0.4, -0.2) is 56.5 Å². The molecular weight excluding hydrogens is 350 g/mol. The topological polar surface area (TPSA) is 60.0 Å². The molecule has 2 N–H and O–H groups in total. The molecule has 1 unspecified atom stereocenters. The van der Waals surface area contributed by atoms with Crippen molar-refractivity contribution in [3.63, 3.8) is 0 Å². The van der Waals surface area contributed by atoms with Crippen LogP contribution < -0.4 is 15.5 Å². The Morgan fingerprint density at radius 1 is 1.29 bits per heavy atom. The molecule has 0 aromatic heterocycles. The number of nitrogens with one attached hydrogen (secondary N) is 2. The summed E-state index contributed by atoms with van der Waals surface area (Å²) in [6.07, 6.45) is 5.05. The number of carbonyl (C=O) groups is 1. The summed E-state index contributed by atoms with van der Waals surface area (Å²) in [5.74, 6) is 1.09. The summed E-state index contributed by atoms with van der Waals surface area (Å²) in [4.78, 5) is 20.7. The number of amides is 1. The van der Waals surface area contributed by atoms with E-state index in [0.717, 1.165) is 37.8 Å². The highest BCUT2D eigenvalue weighted by Crippen LogP contribution is 2.33. The summed E-state index contributed by atoms with van der Waals surface area (Å²) in [7, 11) is 1.87. The van der Waals surface area contributed by atoms with Crippen molar-refractivity contribution in [3.8, 4) is 0 Å². The fourth-order valence-electron chi connectivity index (χ4n) is 4.50. The number of guanidine groups is 1. The molecule has 2 heterocycles. The van der Waals surface area contributed by atoms with Gasteiger partial charge in [-0.05, 0) is 42.4 Å². The lowest BCUT2D eigenvalue weighted by atomic mass is 9.78. The number of aliphatic imine (C=N–C) groups is 1. The van der Waals surface area contributed by atoms with Crippen LogP contribution >= 0.6 is 0 Å². The first-order valence-electron chi connectivity index (χ1n) is 10.6. The Morgan fingerprint density at radius 3 is 2.75 bits per heavy atom. The Kier molecular flexibility index (Phi) is 6.81. The van der Waals surface area contributed by atoms with Gasteiger partial charge in [0.25, 0.3) is 0 Å². The van der Waals surface area contributed by atoms with E-state index in [-0.39, 0.29) is 5.91 Å². The van der Waals surface area contributed by atoms with E-state index in [0.29, 0.717) is 18.5 Å². The number of anilines is 1. The third-order valence-electron chi connectivity index (χ3n) is 5.94. The van der Waals surface area contributed by atoms with Crippen molar-refractivity contribution in [2.75, 3.05) is 44.7 Å². The van der Waals surface area contributed by atoms with Gasteiger partial charge in [-0.1, -0.05) is 32.4 Å². The van der Waals surface area contributed by atoms with E-state index in [1.54, 1.807) is 0 Å². The van der Waals surface area contributed by atoms with Crippen molar-refractivity contribution < 1.29 is 4.79 Å². The molecule has 1 aromatic carbocycles. The molecule has 0 radical (unpaired) electrons. The quantitative estimate of drug-likeness (QED) is 0.604. The molecule has 2 aliphatic heterocycles. The average Bonchev–Trinajstić information content (AvgIpc) is 2.69. The van der Waals surface area contributed by atoms with Crippen LogP contribution in [0.5, 0.6) is 0 Å². The zero-order valence-electron chi connectivity index (χ0n) is 17.6. The molecule has 0 spiro atoms. The molecule has 2 aliphatic rings. The van der Waals surface area contributed by atoms with Crippen LogP contribution in [-0.2, 0) is 11.3 Å². The minimum atomic E-state index is 0.0948. The van der Waals surface area contributed by atoms with E-state index in [1.807, 2.05) is 7.05 Å². The number of rotatable bonds is 5. The van der Waals surface area contributed by atoms with Crippen LogP contribution in [0.4, 0.5) is 5.69 Å². The van der Waals surface area contributed by atoms with Gasteiger partial charge in [-0.2, -0.15) is 0 Å². The maximum absolute atomic E-state index is 11.6. The van der Waals surface area contributed by atoms with Gasteiger partial charge >= 0.3 is 0 Å². The maximum atomic E-state index is 11.6. The zero-order chi connectivity index (χ0) is 20.0. The highest BCUT2D eigenvalue weighted by atomic mass is 16.2. The number of piperidine rings is 1. The Hall–Kier alpha value is -2.24. The standard InChI is InChI=1S/C22H35N5O/c1-4-10-22(2)11-5-13-27(17-22)21(23-3)25-15-18-6-8-19(9-7-18)26-14-12-24-20(28)16-26/h6-9H,4-5,10-17H2,1-3H3,(H,23,25)(H,24,28). The van der Waals surface area contributed by atoms with Gasteiger partial charge in [0.1, 0.15) is 0 Å². The molecule has 1 amide bonds. The van der Waals surface area contributed by atoms with Crippen LogP contribution in [0.15, 0.2) is 29.3 Å². The molecule has 0 saturated carbocycles. The number of hydrogen-bond acceptors (Lipinski definition) is 3. The van der Waals surface area contributed by atoms with Crippen molar-refractivity contribution >= 4 is 17.6 Å². The lowest BCUT2D eigenvalue weighted by Gasteiger charge is -2.42. The number of carbonyl (C=O) groups excluding carboxylic acids is 1. The van der Waals surface area contributed by atoms with E-state index in [2.05, 4.69) is 63.5 Å². The number of nitrogens with zero attached hydrogens (tertiary/aromatic N) is 3. The Labute approximate surface area is 169 Å². The molecule has 2 fully saturated rings. The predicted molar refractivity (Wildman–Crippen MR) is 116 cm³/mol. The SMILES string of the molecule is CCCC1(C)CCCN(C(=NC)NCc2ccc(N3CCNC(=O)C3)cc2)C1. The zero-order valence-corrected chi connectivity index (χ0v) is 17.6. The minimum absolute atomic E-state index is 0.0948. The molecular formula is C22H35N5O. The smallest absolute Gasteiger partial charge is 0.239 e. The first-order valence-corrected chi connectivity index (χ1v) is 10.6. The molecule has 2 saturated heterocycles. The normalized spacial score (nSPS) is 23.5. The van der Waals surface area contributed by atoms with E-state index >= 15 is 0 Å². The van der Waals surface area contributed by atoms with Crippen molar-refractivity contribution in [2.24, 2.45) is 10.4 Å². The average molecular weight is 386 g/mol. The summed E-state index contributed by atoms with van der Waals surface area (Å²) in [6.45, 7) is 9.62. The number of piperazine rings is 1. The highest BCUT2D eigenvalue weighted by Gasteiger charge is 2.31. The second kappa shape index (κ2) is 9.30. The van der Waals surface area contributed by atoms with Crippen molar-refractivity contribution in [3.05, 3.63) is 29.8 Å².